The van der Waals surface area contributed by atoms with Crippen molar-refractivity contribution in [2.45, 2.75) is 18.6 Å². The second-order valence-corrected chi connectivity index (χ2v) is 3.40. The Kier molecular flexibility index (Phi) is 3.24. The van der Waals surface area contributed by atoms with Gasteiger partial charge in [-0.3, -0.25) is 10.1 Å². The molecule has 2 unspecified atom stereocenters. The van der Waals surface area contributed by atoms with Crippen molar-refractivity contribution in [2.24, 2.45) is 0 Å². The molecule has 0 amide bonds. The molecule has 0 aromatic heterocycles. The van der Waals surface area contributed by atoms with Gasteiger partial charge >= 0.3 is 5.97 Å². The van der Waals surface area contributed by atoms with Gasteiger partial charge in [0, 0.05) is 17.4 Å². The molecule has 0 saturated carbocycles. The van der Waals surface area contributed by atoms with Crippen LogP contribution in [-0.2, 0) is 10.4 Å². The number of aliphatic carboxylic acids is 1. The van der Waals surface area contributed by atoms with Crippen LogP contribution in [0.15, 0.2) is 30.3 Å². The SMILES string of the molecule is CC([N+](=O)[O-])C(O)(C(=O)O)c1ccccc1. The van der Waals surface area contributed by atoms with Crippen molar-refractivity contribution in [1.29, 1.82) is 0 Å². The Balaban J connectivity index is 3.28. The Morgan fingerprint density at radius 2 is 1.94 bits per heavy atom. The van der Waals surface area contributed by atoms with Gasteiger partial charge in [0.25, 0.3) is 11.6 Å². The molecule has 0 aliphatic carbocycles. The van der Waals surface area contributed by atoms with Crippen LogP contribution < -0.4 is 0 Å². The molecular formula is C10H11NO5. The summed E-state index contributed by atoms with van der Waals surface area (Å²) in [5, 5.41) is 29.5. The zero-order valence-corrected chi connectivity index (χ0v) is 8.53. The smallest absolute Gasteiger partial charge is 0.347 e. The molecule has 0 radical (unpaired) electrons. The third-order valence-electron chi connectivity index (χ3n) is 2.46. The monoisotopic (exact) mass is 225 g/mol. The van der Waals surface area contributed by atoms with Crippen LogP contribution in [0, 0.1) is 10.1 Å². The van der Waals surface area contributed by atoms with Crippen LogP contribution in [-0.4, -0.2) is 27.1 Å². The standard InChI is InChI=1S/C10H11NO5/c1-7(11(15)16)10(14,9(12)13)8-5-3-2-4-6-8/h2-7,14H,1H3,(H,12,13). The molecule has 0 fully saturated rings. The lowest BCUT2D eigenvalue weighted by molar-refractivity contribution is -0.539. The summed E-state index contributed by atoms with van der Waals surface area (Å²) in [5.74, 6) is -1.64. The molecule has 2 atom stereocenters. The van der Waals surface area contributed by atoms with Gasteiger partial charge in [0.1, 0.15) is 0 Å². The Bertz CT molecular complexity index is 405. The van der Waals surface area contributed by atoms with Crippen LogP contribution in [0.25, 0.3) is 0 Å². The van der Waals surface area contributed by atoms with Crippen LogP contribution in [0.3, 0.4) is 0 Å². The highest BCUT2D eigenvalue weighted by atomic mass is 16.6. The van der Waals surface area contributed by atoms with Gasteiger partial charge in [-0.2, -0.15) is 0 Å². The highest BCUT2D eigenvalue weighted by molar-refractivity contribution is 5.79. The lowest BCUT2D eigenvalue weighted by Crippen LogP contribution is -2.48. The predicted molar refractivity (Wildman–Crippen MR) is 54.4 cm³/mol. The van der Waals surface area contributed by atoms with Crippen LogP contribution in [0.5, 0.6) is 0 Å². The average molecular weight is 225 g/mol. The van der Waals surface area contributed by atoms with Crippen molar-refractivity contribution in [3.8, 4) is 0 Å². The normalized spacial score (nSPS) is 16.1. The Morgan fingerprint density at radius 1 is 1.44 bits per heavy atom. The second-order valence-electron chi connectivity index (χ2n) is 3.40. The molecule has 0 saturated heterocycles. The van der Waals surface area contributed by atoms with E-state index in [0.717, 1.165) is 6.92 Å². The summed E-state index contributed by atoms with van der Waals surface area (Å²) in [7, 11) is 0. The molecule has 1 aromatic rings. The average Bonchev–Trinajstić information content (AvgIpc) is 2.27. The van der Waals surface area contributed by atoms with E-state index in [1.165, 1.54) is 24.3 Å². The first kappa shape index (κ1) is 12.1. The van der Waals surface area contributed by atoms with E-state index in [4.69, 9.17) is 5.11 Å². The summed E-state index contributed by atoms with van der Waals surface area (Å²) in [4.78, 5) is 20.8. The zero-order chi connectivity index (χ0) is 12.3. The first-order chi connectivity index (χ1) is 7.40. The lowest BCUT2D eigenvalue weighted by Gasteiger charge is -2.24. The van der Waals surface area contributed by atoms with E-state index >= 15 is 0 Å². The van der Waals surface area contributed by atoms with Gasteiger partial charge in [-0.25, -0.2) is 4.79 Å². The first-order valence-corrected chi connectivity index (χ1v) is 4.55. The van der Waals surface area contributed by atoms with E-state index in [2.05, 4.69) is 0 Å². The van der Waals surface area contributed by atoms with Crippen molar-refractivity contribution in [2.75, 3.05) is 0 Å². The Hall–Kier alpha value is -1.95. The van der Waals surface area contributed by atoms with E-state index in [9.17, 15) is 20.0 Å². The zero-order valence-electron chi connectivity index (χ0n) is 8.53. The van der Waals surface area contributed by atoms with E-state index in [-0.39, 0.29) is 5.56 Å². The number of carbonyl (C=O) groups is 1. The number of hydrogen-bond acceptors (Lipinski definition) is 4. The quantitative estimate of drug-likeness (QED) is 0.578. The van der Waals surface area contributed by atoms with Crippen molar-refractivity contribution in [3.63, 3.8) is 0 Å². The molecule has 6 nitrogen and oxygen atoms in total. The van der Waals surface area contributed by atoms with Gasteiger partial charge in [-0.05, 0) is 0 Å². The molecule has 1 rings (SSSR count). The maximum Gasteiger partial charge on any atom is 0.347 e. The van der Waals surface area contributed by atoms with Crippen LogP contribution in [0.4, 0.5) is 0 Å². The summed E-state index contributed by atoms with van der Waals surface area (Å²) in [6, 6.07) is 5.70. The molecule has 0 bridgehead atoms. The third kappa shape index (κ3) is 1.87. The number of rotatable bonds is 4. The van der Waals surface area contributed by atoms with Gasteiger partial charge in [-0.15, -0.1) is 0 Å². The minimum atomic E-state index is -2.51. The van der Waals surface area contributed by atoms with Crippen molar-refractivity contribution in [3.05, 3.63) is 46.0 Å². The molecule has 0 heterocycles. The molecule has 6 heteroatoms. The molecule has 0 aliphatic rings. The molecule has 0 aliphatic heterocycles. The number of hydrogen-bond donors (Lipinski definition) is 2. The first-order valence-electron chi connectivity index (χ1n) is 4.55. The second kappa shape index (κ2) is 4.28. The van der Waals surface area contributed by atoms with E-state index in [0.29, 0.717) is 0 Å². The summed E-state index contributed by atoms with van der Waals surface area (Å²) in [6.07, 6.45) is 0. The van der Waals surface area contributed by atoms with Gasteiger partial charge in [-0.1, -0.05) is 30.3 Å². The minimum absolute atomic E-state index is 0.00769. The fourth-order valence-corrected chi connectivity index (χ4v) is 1.39. The van der Waals surface area contributed by atoms with E-state index < -0.39 is 22.5 Å². The van der Waals surface area contributed by atoms with E-state index in [1.54, 1.807) is 6.07 Å². The molecule has 0 spiro atoms. The third-order valence-corrected chi connectivity index (χ3v) is 2.46. The number of carboxylic acid groups (broad SMARTS) is 1. The fourth-order valence-electron chi connectivity index (χ4n) is 1.39. The number of nitrogens with zero attached hydrogens (tertiary/aromatic N) is 1. The summed E-state index contributed by atoms with van der Waals surface area (Å²) in [5.41, 5.74) is -2.52. The molecule has 1 aromatic carbocycles. The maximum absolute atomic E-state index is 11.0. The Morgan fingerprint density at radius 3 is 2.31 bits per heavy atom. The molecule has 2 N–H and O–H groups in total. The number of aliphatic hydroxyl groups is 1. The van der Waals surface area contributed by atoms with Crippen molar-refractivity contribution in [1.82, 2.24) is 0 Å². The lowest BCUT2D eigenvalue weighted by atomic mass is 9.87. The highest BCUT2D eigenvalue weighted by Crippen LogP contribution is 2.26. The van der Waals surface area contributed by atoms with Crippen LogP contribution in [0.2, 0.25) is 0 Å². The predicted octanol–water partition coefficient (Wildman–Crippen LogP) is 0.624. The molecular weight excluding hydrogens is 214 g/mol. The molecule has 86 valence electrons. The van der Waals surface area contributed by atoms with Gasteiger partial charge < -0.3 is 10.2 Å². The summed E-state index contributed by atoms with van der Waals surface area (Å²) < 4.78 is 0. The summed E-state index contributed by atoms with van der Waals surface area (Å²) in [6.45, 7) is 1.06. The van der Waals surface area contributed by atoms with E-state index in [1.807, 2.05) is 0 Å². The van der Waals surface area contributed by atoms with Gasteiger partial charge in [0.15, 0.2) is 0 Å². The fraction of sp³-hybridized carbons (Fsp3) is 0.300. The van der Waals surface area contributed by atoms with Gasteiger partial charge in [0.2, 0.25) is 0 Å². The van der Waals surface area contributed by atoms with Gasteiger partial charge in [0.05, 0.1) is 0 Å². The van der Waals surface area contributed by atoms with Crippen LogP contribution >= 0.6 is 0 Å². The largest absolute Gasteiger partial charge is 0.479 e. The topological polar surface area (TPSA) is 101 Å². The number of benzene rings is 1. The molecule has 16 heavy (non-hydrogen) atoms. The number of carboxylic acids is 1. The minimum Gasteiger partial charge on any atom is -0.479 e. The summed E-state index contributed by atoms with van der Waals surface area (Å²) >= 11 is 0. The maximum atomic E-state index is 11.0. The van der Waals surface area contributed by atoms with Crippen LogP contribution in [0.1, 0.15) is 12.5 Å². The highest BCUT2D eigenvalue weighted by Gasteiger charge is 2.50. The van der Waals surface area contributed by atoms with Crippen molar-refractivity contribution < 1.29 is 19.9 Å². The number of nitro groups is 1. The van der Waals surface area contributed by atoms with Crippen molar-refractivity contribution >= 4 is 5.97 Å². The Labute approximate surface area is 91.3 Å².